The van der Waals surface area contributed by atoms with Crippen LogP contribution in [-0.4, -0.2) is 53.8 Å². The van der Waals surface area contributed by atoms with Gasteiger partial charge in [-0.2, -0.15) is 5.10 Å². The molecule has 0 aliphatic carbocycles. The van der Waals surface area contributed by atoms with Crippen LogP contribution in [0, 0.1) is 5.41 Å². The minimum Gasteiger partial charge on any atom is -0.396 e. The lowest BCUT2D eigenvalue weighted by Gasteiger charge is -2.27. The number of halogens is 2. The van der Waals surface area contributed by atoms with E-state index in [0.29, 0.717) is 18.2 Å². The Morgan fingerprint density at radius 1 is 1.34 bits per heavy atom. The number of aliphatic imine (C=N–C) groups is 1. The van der Waals surface area contributed by atoms with E-state index in [-0.39, 0.29) is 36.0 Å². The van der Waals surface area contributed by atoms with Crippen molar-refractivity contribution >= 4 is 41.5 Å². The SMILES string of the molecule is CCNC(=NCc1cnn(-c2ccc(Cl)cc2)c1)NCC1(CCO)CCOC1.I. The van der Waals surface area contributed by atoms with E-state index in [1.807, 2.05) is 48.3 Å². The summed E-state index contributed by atoms with van der Waals surface area (Å²) in [6, 6.07) is 7.55. The molecule has 29 heavy (non-hydrogen) atoms. The Morgan fingerprint density at radius 3 is 2.79 bits per heavy atom. The van der Waals surface area contributed by atoms with Gasteiger partial charge in [0.2, 0.25) is 0 Å². The Morgan fingerprint density at radius 2 is 2.14 bits per heavy atom. The molecule has 0 amide bonds. The molecule has 0 saturated carbocycles. The predicted octanol–water partition coefficient (Wildman–Crippen LogP) is 2.99. The molecule has 2 aromatic rings. The number of benzene rings is 1. The van der Waals surface area contributed by atoms with Crippen LogP contribution in [0.3, 0.4) is 0 Å². The van der Waals surface area contributed by atoms with Crippen LogP contribution in [0.15, 0.2) is 41.7 Å². The molecule has 0 spiro atoms. The summed E-state index contributed by atoms with van der Waals surface area (Å²) in [5.74, 6) is 0.756. The van der Waals surface area contributed by atoms with Crippen molar-refractivity contribution < 1.29 is 9.84 Å². The molecule has 3 rings (SSSR count). The fraction of sp³-hybridized carbons (Fsp3) is 0.500. The van der Waals surface area contributed by atoms with E-state index in [1.54, 1.807) is 0 Å². The molecule has 0 bridgehead atoms. The molecule has 1 fully saturated rings. The second kappa shape index (κ2) is 11.7. The van der Waals surface area contributed by atoms with Gasteiger partial charge in [-0.25, -0.2) is 9.67 Å². The summed E-state index contributed by atoms with van der Waals surface area (Å²) in [5.41, 5.74) is 1.95. The van der Waals surface area contributed by atoms with Crippen LogP contribution in [0.2, 0.25) is 5.02 Å². The summed E-state index contributed by atoms with van der Waals surface area (Å²) >= 11 is 5.94. The average molecular weight is 534 g/mol. The Labute approximate surface area is 193 Å². The van der Waals surface area contributed by atoms with Gasteiger partial charge in [0, 0.05) is 48.5 Å². The largest absolute Gasteiger partial charge is 0.396 e. The van der Waals surface area contributed by atoms with Crippen molar-refractivity contribution in [2.75, 3.05) is 32.9 Å². The molecular weight excluding hydrogens is 505 g/mol. The molecule has 160 valence electrons. The highest BCUT2D eigenvalue weighted by Gasteiger charge is 2.34. The van der Waals surface area contributed by atoms with Gasteiger partial charge in [-0.3, -0.25) is 0 Å². The Kier molecular flexibility index (Phi) is 9.67. The minimum atomic E-state index is -0.0234. The van der Waals surface area contributed by atoms with E-state index >= 15 is 0 Å². The number of guanidine groups is 1. The van der Waals surface area contributed by atoms with Crippen molar-refractivity contribution in [2.45, 2.75) is 26.3 Å². The highest BCUT2D eigenvalue weighted by Crippen LogP contribution is 2.31. The monoisotopic (exact) mass is 533 g/mol. The number of hydrogen-bond acceptors (Lipinski definition) is 4. The molecule has 0 radical (unpaired) electrons. The molecular formula is C20H29ClIN5O2. The minimum absolute atomic E-state index is 0. The smallest absolute Gasteiger partial charge is 0.191 e. The van der Waals surface area contributed by atoms with E-state index < -0.39 is 0 Å². The molecule has 1 aromatic carbocycles. The molecule has 1 aliphatic heterocycles. The molecule has 3 N–H and O–H groups in total. The maximum absolute atomic E-state index is 9.38. The van der Waals surface area contributed by atoms with E-state index in [0.717, 1.165) is 49.7 Å². The first-order valence-corrected chi connectivity index (χ1v) is 10.0. The maximum Gasteiger partial charge on any atom is 0.191 e. The molecule has 1 unspecified atom stereocenters. The lowest BCUT2D eigenvalue weighted by molar-refractivity contribution is 0.127. The quantitative estimate of drug-likeness (QED) is 0.276. The summed E-state index contributed by atoms with van der Waals surface area (Å²) in [5, 5.41) is 21.2. The lowest BCUT2D eigenvalue weighted by atomic mass is 9.84. The van der Waals surface area contributed by atoms with Crippen molar-refractivity contribution in [1.29, 1.82) is 0 Å². The van der Waals surface area contributed by atoms with Gasteiger partial charge < -0.3 is 20.5 Å². The maximum atomic E-state index is 9.38. The predicted molar refractivity (Wildman–Crippen MR) is 126 cm³/mol. The van der Waals surface area contributed by atoms with Gasteiger partial charge in [0.1, 0.15) is 0 Å². The van der Waals surface area contributed by atoms with E-state index in [1.165, 1.54) is 0 Å². The Bertz CT molecular complexity index is 775. The topological polar surface area (TPSA) is 83.7 Å². The standard InChI is InChI=1S/C20H28ClN5O2.HI/c1-2-22-19(24-14-20(7-9-27)8-10-28-15-20)23-11-16-12-25-26(13-16)18-5-3-17(21)4-6-18;/h3-6,12-13,27H,2,7-11,14-15H2,1H3,(H2,22,23,24);1H. The summed E-state index contributed by atoms with van der Waals surface area (Å²) in [6.45, 7) is 5.66. The van der Waals surface area contributed by atoms with Crippen LogP contribution in [0.4, 0.5) is 0 Å². The summed E-state index contributed by atoms with van der Waals surface area (Å²) in [4.78, 5) is 4.67. The van der Waals surface area contributed by atoms with Gasteiger partial charge in [0.15, 0.2) is 5.96 Å². The van der Waals surface area contributed by atoms with Gasteiger partial charge in [-0.05, 0) is 44.0 Å². The van der Waals surface area contributed by atoms with Crippen LogP contribution < -0.4 is 10.6 Å². The molecule has 2 heterocycles. The number of aromatic nitrogens is 2. The molecule has 1 atom stereocenters. The first-order chi connectivity index (χ1) is 13.6. The van der Waals surface area contributed by atoms with Gasteiger partial charge >= 0.3 is 0 Å². The van der Waals surface area contributed by atoms with Crippen molar-refractivity contribution in [3.05, 3.63) is 47.2 Å². The van der Waals surface area contributed by atoms with Gasteiger partial charge in [0.05, 0.1) is 25.0 Å². The van der Waals surface area contributed by atoms with Crippen LogP contribution in [0.1, 0.15) is 25.3 Å². The molecule has 9 heteroatoms. The van der Waals surface area contributed by atoms with Crippen molar-refractivity contribution in [1.82, 2.24) is 20.4 Å². The Balaban J connectivity index is 0.00000300. The Hall–Kier alpha value is -1.36. The highest BCUT2D eigenvalue weighted by atomic mass is 127. The number of aliphatic hydroxyl groups excluding tert-OH is 1. The van der Waals surface area contributed by atoms with Crippen LogP contribution in [0.5, 0.6) is 0 Å². The summed E-state index contributed by atoms with van der Waals surface area (Å²) < 4.78 is 7.37. The normalized spacial score (nSPS) is 19.1. The number of ether oxygens (including phenoxy) is 1. The molecule has 7 nitrogen and oxygen atoms in total. The number of aliphatic hydroxyl groups is 1. The van der Waals surface area contributed by atoms with Crippen molar-refractivity contribution in [3.8, 4) is 5.69 Å². The van der Waals surface area contributed by atoms with Crippen molar-refractivity contribution in [3.63, 3.8) is 0 Å². The van der Waals surface area contributed by atoms with Crippen LogP contribution in [0.25, 0.3) is 5.69 Å². The summed E-state index contributed by atoms with van der Waals surface area (Å²) in [7, 11) is 0. The third kappa shape index (κ3) is 6.84. The number of nitrogens with one attached hydrogen (secondary N) is 2. The number of rotatable bonds is 8. The van der Waals surface area contributed by atoms with E-state index in [4.69, 9.17) is 16.3 Å². The lowest BCUT2D eigenvalue weighted by Crippen LogP contribution is -2.44. The van der Waals surface area contributed by atoms with E-state index in [2.05, 4.69) is 20.7 Å². The summed E-state index contributed by atoms with van der Waals surface area (Å²) in [6.07, 6.45) is 5.47. The van der Waals surface area contributed by atoms with Gasteiger partial charge in [-0.1, -0.05) is 11.6 Å². The molecule has 1 aromatic heterocycles. The number of hydrogen-bond donors (Lipinski definition) is 3. The second-order valence-electron chi connectivity index (χ2n) is 7.09. The zero-order chi connectivity index (χ0) is 19.8. The second-order valence-corrected chi connectivity index (χ2v) is 7.53. The zero-order valence-electron chi connectivity index (χ0n) is 16.6. The highest BCUT2D eigenvalue weighted by molar-refractivity contribution is 14.0. The molecule has 1 saturated heterocycles. The van der Waals surface area contributed by atoms with E-state index in [9.17, 15) is 5.11 Å². The van der Waals surface area contributed by atoms with Gasteiger partial charge in [0.25, 0.3) is 0 Å². The fourth-order valence-electron chi connectivity index (χ4n) is 3.27. The van der Waals surface area contributed by atoms with Crippen molar-refractivity contribution in [2.24, 2.45) is 10.4 Å². The molecule has 1 aliphatic rings. The van der Waals surface area contributed by atoms with Gasteiger partial charge in [-0.15, -0.1) is 24.0 Å². The third-order valence-corrected chi connectivity index (χ3v) is 5.20. The third-order valence-electron chi connectivity index (χ3n) is 4.95. The first-order valence-electron chi connectivity index (χ1n) is 9.64. The van der Waals surface area contributed by atoms with Crippen LogP contribution in [-0.2, 0) is 11.3 Å². The number of nitrogens with zero attached hydrogens (tertiary/aromatic N) is 3. The zero-order valence-corrected chi connectivity index (χ0v) is 19.7. The average Bonchev–Trinajstić information content (AvgIpc) is 3.35. The fourth-order valence-corrected chi connectivity index (χ4v) is 3.40. The van der Waals surface area contributed by atoms with Crippen LogP contribution >= 0.6 is 35.6 Å². The first kappa shape index (κ1) is 23.9.